The lowest BCUT2D eigenvalue weighted by atomic mass is 9.82. The minimum Gasteiger partial charge on any atom is -0.427 e. The SMILES string of the molecule is CC(=N)NCc1ccc(C2=C(C(=O)OCOC(=O)C(C)(C)C)N3C(=O)[C@H]([C@@H](C)O)[C@H]3C2)cc1. The van der Waals surface area contributed by atoms with Crippen molar-refractivity contribution in [3.05, 3.63) is 41.1 Å². The molecule has 1 aromatic carbocycles. The minimum atomic E-state index is -0.832. The highest BCUT2D eigenvalue weighted by Gasteiger charge is 2.57. The Morgan fingerprint density at radius 3 is 2.42 bits per heavy atom. The third kappa shape index (κ3) is 5.08. The number of hydrogen-bond donors (Lipinski definition) is 3. The van der Waals surface area contributed by atoms with Crippen LogP contribution in [0, 0.1) is 16.7 Å². The van der Waals surface area contributed by atoms with Gasteiger partial charge in [-0.15, -0.1) is 0 Å². The van der Waals surface area contributed by atoms with Gasteiger partial charge in [-0.25, -0.2) is 4.79 Å². The van der Waals surface area contributed by atoms with Crippen LogP contribution in [0.4, 0.5) is 0 Å². The summed E-state index contributed by atoms with van der Waals surface area (Å²) in [6.07, 6.45) is -0.425. The highest BCUT2D eigenvalue weighted by Crippen LogP contribution is 2.47. The van der Waals surface area contributed by atoms with Crippen molar-refractivity contribution in [1.29, 1.82) is 5.41 Å². The number of hydrogen-bond acceptors (Lipinski definition) is 7. The third-order valence-electron chi connectivity index (χ3n) is 5.77. The van der Waals surface area contributed by atoms with Gasteiger partial charge in [0.05, 0.1) is 29.3 Å². The van der Waals surface area contributed by atoms with Crippen molar-refractivity contribution in [3.8, 4) is 0 Å². The molecule has 0 unspecified atom stereocenters. The van der Waals surface area contributed by atoms with E-state index in [2.05, 4.69) is 5.32 Å². The summed E-state index contributed by atoms with van der Waals surface area (Å²) in [6.45, 7) is 8.25. The Balaban J connectivity index is 1.82. The topological polar surface area (TPSA) is 129 Å². The van der Waals surface area contributed by atoms with Gasteiger partial charge in [-0.2, -0.15) is 0 Å². The summed E-state index contributed by atoms with van der Waals surface area (Å²) in [5.74, 6) is -1.81. The highest BCUT2D eigenvalue weighted by atomic mass is 16.7. The second kappa shape index (κ2) is 9.35. The Morgan fingerprint density at radius 2 is 1.88 bits per heavy atom. The van der Waals surface area contributed by atoms with Gasteiger partial charge in [0.2, 0.25) is 12.7 Å². The van der Waals surface area contributed by atoms with Gasteiger partial charge < -0.3 is 24.8 Å². The summed E-state index contributed by atoms with van der Waals surface area (Å²) in [7, 11) is 0. The predicted octanol–water partition coefficient (Wildman–Crippen LogP) is 2.19. The first-order valence-electron chi connectivity index (χ1n) is 10.9. The van der Waals surface area contributed by atoms with Crippen molar-refractivity contribution in [2.75, 3.05) is 6.79 Å². The second-order valence-corrected chi connectivity index (χ2v) is 9.48. The molecule has 1 aromatic rings. The van der Waals surface area contributed by atoms with E-state index in [-0.39, 0.29) is 17.6 Å². The summed E-state index contributed by atoms with van der Waals surface area (Å²) in [5, 5.41) is 20.4. The maximum Gasteiger partial charge on any atom is 0.358 e. The fourth-order valence-electron chi connectivity index (χ4n) is 4.00. The van der Waals surface area contributed by atoms with E-state index in [0.29, 0.717) is 24.4 Å². The molecule has 0 radical (unpaired) electrons. The van der Waals surface area contributed by atoms with Crippen LogP contribution in [0.5, 0.6) is 0 Å². The van der Waals surface area contributed by atoms with Crippen molar-refractivity contribution in [3.63, 3.8) is 0 Å². The first-order valence-corrected chi connectivity index (χ1v) is 10.9. The number of fused-ring (bicyclic) bond motifs is 1. The molecule has 3 rings (SSSR count). The van der Waals surface area contributed by atoms with Gasteiger partial charge in [-0.1, -0.05) is 24.3 Å². The number of β-lactam (4-membered cyclic amide) rings is 1. The fourth-order valence-corrected chi connectivity index (χ4v) is 4.00. The number of amidine groups is 1. The maximum atomic E-state index is 13.0. The molecule has 0 saturated carbocycles. The molecule has 0 spiro atoms. The van der Waals surface area contributed by atoms with Crippen LogP contribution in [0.15, 0.2) is 30.0 Å². The number of carbonyl (C=O) groups excluding carboxylic acids is 3. The van der Waals surface area contributed by atoms with Crippen molar-refractivity contribution in [1.82, 2.24) is 10.2 Å². The van der Waals surface area contributed by atoms with Gasteiger partial charge in [0.25, 0.3) is 0 Å². The number of nitrogens with zero attached hydrogens (tertiary/aromatic N) is 1. The molecule has 0 aromatic heterocycles. The molecule has 1 saturated heterocycles. The predicted molar refractivity (Wildman–Crippen MR) is 121 cm³/mol. The van der Waals surface area contributed by atoms with Crippen LogP contribution in [-0.4, -0.2) is 52.6 Å². The number of ether oxygens (including phenoxy) is 2. The molecule has 2 heterocycles. The summed E-state index contributed by atoms with van der Waals surface area (Å²) in [6, 6.07) is 7.15. The average Bonchev–Trinajstić information content (AvgIpc) is 3.06. The minimum absolute atomic E-state index is 0.120. The summed E-state index contributed by atoms with van der Waals surface area (Å²) < 4.78 is 10.2. The smallest absolute Gasteiger partial charge is 0.358 e. The fraction of sp³-hybridized carbons (Fsp3) is 0.500. The molecule has 2 aliphatic rings. The first kappa shape index (κ1) is 24.4. The van der Waals surface area contributed by atoms with Gasteiger partial charge in [-0.3, -0.25) is 15.0 Å². The largest absolute Gasteiger partial charge is 0.427 e. The van der Waals surface area contributed by atoms with Gasteiger partial charge in [0, 0.05) is 6.54 Å². The zero-order valence-electron chi connectivity index (χ0n) is 19.6. The number of amides is 1. The molecular formula is C24H31N3O6. The standard InChI is InChI=1S/C24H31N3O6/c1-13(28)19-18-10-17(16-8-6-15(7-9-16)11-26-14(2)25)20(27(18)21(19)29)22(30)32-12-33-23(31)24(3,4)5/h6-9,13,18-19,28H,10-12H2,1-5H3,(H2,25,26)/t13-,18-,19-/m1/s1. The van der Waals surface area contributed by atoms with E-state index in [9.17, 15) is 19.5 Å². The lowest BCUT2D eigenvalue weighted by molar-refractivity contribution is -0.175. The van der Waals surface area contributed by atoms with Crippen LogP contribution in [0.25, 0.3) is 5.57 Å². The molecular weight excluding hydrogens is 426 g/mol. The molecule has 1 amide bonds. The molecule has 3 atom stereocenters. The number of benzene rings is 1. The van der Waals surface area contributed by atoms with Crippen molar-refractivity contribution >= 4 is 29.3 Å². The van der Waals surface area contributed by atoms with Crippen LogP contribution in [0.3, 0.4) is 0 Å². The number of rotatable bonds is 7. The zero-order chi connectivity index (χ0) is 24.5. The molecule has 0 aliphatic carbocycles. The van der Waals surface area contributed by atoms with Crippen molar-refractivity contribution in [2.45, 2.75) is 59.7 Å². The van der Waals surface area contributed by atoms with E-state index >= 15 is 0 Å². The molecule has 9 nitrogen and oxygen atoms in total. The van der Waals surface area contributed by atoms with Gasteiger partial charge in [0.1, 0.15) is 5.70 Å². The highest BCUT2D eigenvalue weighted by molar-refractivity contribution is 6.06. The monoisotopic (exact) mass is 457 g/mol. The summed E-state index contributed by atoms with van der Waals surface area (Å²) in [4.78, 5) is 39.0. The second-order valence-electron chi connectivity index (χ2n) is 9.48. The van der Waals surface area contributed by atoms with Crippen molar-refractivity contribution < 1.29 is 29.0 Å². The van der Waals surface area contributed by atoms with Crippen molar-refractivity contribution in [2.24, 2.45) is 11.3 Å². The van der Waals surface area contributed by atoms with E-state index in [0.717, 1.165) is 11.1 Å². The van der Waals surface area contributed by atoms with Gasteiger partial charge >= 0.3 is 11.9 Å². The normalized spacial score (nSPS) is 20.7. The van der Waals surface area contributed by atoms with Crippen LogP contribution in [0.1, 0.15) is 52.2 Å². The molecule has 178 valence electrons. The van der Waals surface area contributed by atoms with E-state index in [4.69, 9.17) is 14.9 Å². The number of aliphatic hydroxyl groups excluding tert-OH is 1. The maximum absolute atomic E-state index is 13.0. The molecule has 33 heavy (non-hydrogen) atoms. The molecule has 9 heteroatoms. The third-order valence-corrected chi connectivity index (χ3v) is 5.77. The molecule has 1 fully saturated rings. The van der Waals surface area contributed by atoms with Crippen LogP contribution < -0.4 is 5.32 Å². The van der Waals surface area contributed by atoms with Crippen LogP contribution >= 0.6 is 0 Å². The summed E-state index contributed by atoms with van der Waals surface area (Å²) in [5.41, 5.74) is 1.75. The number of esters is 2. The van der Waals surface area contributed by atoms with E-state index in [1.165, 1.54) is 4.90 Å². The van der Waals surface area contributed by atoms with Crippen LogP contribution in [-0.2, 0) is 30.4 Å². The Hall–Kier alpha value is -3.20. The van der Waals surface area contributed by atoms with E-state index < -0.39 is 36.2 Å². The average molecular weight is 458 g/mol. The van der Waals surface area contributed by atoms with Gasteiger partial charge in [-0.05, 0) is 57.7 Å². The molecule has 0 bridgehead atoms. The zero-order valence-corrected chi connectivity index (χ0v) is 19.6. The molecule has 3 N–H and O–H groups in total. The van der Waals surface area contributed by atoms with Crippen LogP contribution in [0.2, 0.25) is 0 Å². The Kier molecular flexibility index (Phi) is 6.92. The number of aliphatic hydroxyl groups is 1. The Morgan fingerprint density at radius 1 is 1.24 bits per heavy atom. The first-order chi connectivity index (χ1) is 15.4. The Labute approximate surface area is 193 Å². The van der Waals surface area contributed by atoms with E-state index in [1.54, 1.807) is 34.6 Å². The Bertz CT molecular complexity index is 990. The molecule has 2 aliphatic heterocycles. The summed E-state index contributed by atoms with van der Waals surface area (Å²) >= 11 is 0. The number of carbonyl (C=O) groups is 3. The lowest BCUT2D eigenvalue weighted by Crippen LogP contribution is -2.61. The quantitative estimate of drug-likeness (QED) is 0.188. The van der Waals surface area contributed by atoms with Gasteiger partial charge in [0.15, 0.2) is 0 Å². The lowest BCUT2D eigenvalue weighted by Gasteiger charge is -2.44. The van der Waals surface area contributed by atoms with E-state index in [1.807, 2.05) is 24.3 Å². The number of nitrogens with one attached hydrogen (secondary N) is 2.